The summed E-state index contributed by atoms with van der Waals surface area (Å²) in [5, 5.41) is 6.35. The number of nitrogens with two attached hydrogens (primary N) is 2. The number of carboxylic acid groups (broad SMARTS) is 1. The lowest BCUT2D eigenvalue weighted by molar-refractivity contribution is -0.143. The second-order valence-corrected chi connectivity index (χ2v) is 6.76. The van der Waals surface area contributed by atoms with Gasteiger partial charge in [-0.15, -0.1) is 0 Å². The molecule has 164 valence electrons. The van der Waals surface area contributed by atoms with Crippen LogP contribution in [0.1, 0.15) is 37.8 Å². The number of para-hydroxylation sites is 1. The van der Waals surface area contributed by atoms with Crippen molar-refractivity contribution in [2.24, 2.45) is 11.5 Å². The summed E-state index contributed by atoms with van der Waals surface area (Å²) in [6.07, 6.45) is -1.02. The summed E-state index contributed by atoms with van der Waals surface area (Å²) in [5.74, 6) is -2.70. The Morgan fingerprint density at radius 1 is 1.33 bits per heavy atom. The molecule has 6 N–H and O–H groups in total. The van der Waals surface area contributed by atoms with Crippen LogP contribution in [0, 0.1) is 0 Å². The highest BCUT2D eigenvalue weighted by Crippen LogP contribution is 2.39. The van der Waals surface area contributed by atoms with Crippen molar-refractivity contribution in [3.8, 4) is 11.5 Å². The minimum absolute atomic E-state index is 0.0273. The molecule has 3 atom stereocenters. The first kappa shape index (κ1) is 21.5. The molecule has 2 rings (SSSR count). The predicted molar refractivity (Wildman–Crippen MR) is 103 cm³/mol. The van der Waals surface area contributed by atoms with Gasteiger partial charge in [0.1, 0.15) is 0 Å². The molecule has 0 radical (unpaired) electrons. The van der Waals surface area contributed by atoms with Crippen molar-refractivity contribution in [2.45, 2.75) is 43.8 Å². The summed E-state index contributed by atoms with van der Waals surface area (Å²) >= 11 is 0. The van der Waals surface area contributed by atoms with Crippen LogP contribution in [-0.2, 0) is 23.9 Å². The first-order valence-corrected chi connectivity index (χ1v) is 9.18. The maximum Gasteiger partial charge on any atom is 0.307 e. The number of ketones is 1. The Morgan fingerprint density at radius 2 is 2.07 bits per heavy atom. The quantitative estimate of drug-likeness (QED) is 0.285. The van der Waals surface area contributed by atoms with Gasteiger partial charge in [-0.05, 0) is 12.5 Å². The lowest BCUT2D eigenvalue weighted by Gasteiger charge is -2.30. The topological polar surface area (TPSA) is 180 Å². The minimum atomic E-state index is -2.09. The number of ether oxygens (including phenoxy) is 3. The third kappa shape index (κ3) is 4.86. The fraction of sp³-hybridized carbons (Fsp3) is 0.474. The normalized spacial score (nSPS) is 16.5. The largest absolute Gasteiger partial charge is 0.481 e. The maximum atomic E-state index is 13.1. The smallest absolute Gasteiger partial charge is 0.307 e. The van der Waals surface area contributed by atoms with Gasteiger partial charge in [0.05, 0.1) is 32.0 Å². The number of fused-ring (bicyclic) bond motifs is 1. The zero-order valence-electron chi connectivity index (χ0n) is 17.6. The molecule has 1 heterocycles. The summed E-state index contributed by atoms with van der Waals surface area (Å²) in [5.41, 5.74) is 10.1. The van der Waals surface area contributed by atoms with Crippen LogP contribution in [0.25, 0.3) is 1.43 Å². The van der Waals surface area contributed by atoms with Gasteiger partial charge in [0, 0.05) is 5.56 Å². The third-order valence-electron chi connectivity index (χ3n) is 4.83. The van der Waals surface area contributed by atoms with E-state index in [0.29, 0.717) is 17.1 Å². The van der Waals surface area contributed by atoms with Gasteiger partial charge in [-0.2, -0.15) is 0 Å². The van der Waals surface area contributed by atoms with Crippen molar-refractivity contribution >= 4 is 23.6 Å². The van der Waals surface area contributed by atoms with E-state index in [0.717, 1.165) is 0 Å². The second kappa shape index (κ2) is 9.55. The summed E-state index contributed by atoms with van der Waals surface area (Å²) in [7, 11) is 1.20. The van der Waals surface area contributed by atoms with E-state index in [4.69, 9.17) is 27.1 Å². The first-order valence-electron chi connectivity index (χ1n) is 9.59. The summed E-state index contributed by atoms with van der Waals surface area (Å²) in [6.45, 7) is 1.47. The third-order valence-corrected chi connectivity index (χ3v) is 4.83. The Morgan fingerprint density at radius 3 is 2.70 bits per heavy atom. The minimum Gasteiger partial charge on any atom is -0.481 e. The standard InChI is InChI=1S/C19H25N3O8/c1-3-19(21,17(26)11(20)7-14(23)24)18(27)22-12(8-15(25)28-2)10-5-4-6-13-16(10)30-9-29-13/h4-6,11-12H,3,7-9,20-21H2,1-2H3,(H,22,27)(H,23,24)/t11-,12?,19?/m0/s1/i/hD. The highest BCUT2D eigenvalue weighted by Gasteiger charge is 2.44. The van der Waals surface area contributed by atoms with E-state index >= 15 is 0 Å². The van der Waals surface area contributed by atoms with Crippen molar-refractivity contribution in [2.75, 3.05) is 13.9 Å². The van der Waals surface area contributed by atoms with Gasteiger partial charge < -0.3 is 36.1 Å². The van der Waals surface area contributed by atoms with Gasteiger partial charge in [0.2, 0.25) is 12.7 Å². The first-order chi connectivity index (χ1) is 14.7. The van der Waals surface area contributed by atoms with Gasteiger partial charge in [0.25, 0.3) is 1.43 Å². The number of Topliss-reactive ketones (excluding diaryl/α,β-unsaturated/α-hetero) is 1. The number of amides is 1. The molecule has 1 aromatic rings. The number of rotatable bonds is 10. The molecule has 1 aliphatic heterocycles. The van der Waals surface area contributed by atoms with Crippen LogP contribution in [0.15, 0.2) is 18.2 Å². The maximum absolute atomic E-state index is 13.1. The molecule has 1 aliphatic rings. The number of carbonyl (C=O) groups excluding carboxylic acids is 3. The number of nitrogens with one attached hydrogen (secondary N) is 1. The molecule has 0 saturated heterocycles. The Kier molecular flexibility index (Phi) is 6.85. The molecule has 0 aliphatic carbocycles. The second-order valence-electron chi connectivity index (χ2n) is 6.76. The number of esters is 1. The zero-order valence-corrected chi connectivity index (χ0v) is 16.6. The molecule has 0 aromatic heterocycles. The molecular formula is C19H25N3O8. The van der Waals surface area contributed by atoms with Gasteiger partial charge in [-0.3, -0.25) is 19.2 Å². The van der Waals surface area contributed by atoms with Crippen LogP contribution >= 0.6 is 0 Å². The van der Waals surface area contributed by atoms with Crippen molar-refractivity contribution in [3.63, 3.8) is 0 Å². The molecule has 0 bridgehead atoms. The molecule has 30 heavy (non-hydrogen) atoms. The fourth-order valence-corrected chi connectivity index (χ4v) is 3.05. The van der Waals surface area contributed by atoms with Crippen LogP contribution in [0.5, 0.6) is 11.5 Å². The number of hydrogen-bond acceptors (Lipinski definition) is 10. The van der Waals surface area contributed by atoms with Crippen LogP contribution in [0.2, 0.25) is 0 Å². The number of aliphatic carboxylic acids is 1. The molecule has 1 amide bonds. The number of hydrogen-bond donors (Lipinski definition) is 4. The summed E-state index contributed by atoms with van der Waals surface area (Å²) < 4.78 is 22.0. The van der Waals surface area contributed by atoms with E-state index in [2.05, 4.69) is 10.4 Å². The van der Waals surface area contributed by atoms with Crippen molar-refractivity contribution in [1.29, 1.82) is 1.43 Å². The highest BCUT2D eigenvalue weighted by atomic mass is 16.7. The molecule has 0 fully saturated rings. The molecule has 1 aromatic carbocycles. The van der Waals surface area contributed by atoms with Crippen molar-refractivity contribution in [3.05, 3.63) is 23.8 Å². The van der Waals surface area contributed by atoms with Crippen LogP contribution in [-0.4, -0.2) is 54.2 Å². The van der Waals surface area contributed by atoms with E-state index in [1.807, 2.05) is 0 Å². The lowest BCUT2D eigenvalue weighted by Crippen LogP contribution is -2.64. The molecule has 11 nitrogen and oxygen atoms in total. The number of carbonyl (C=O) groups is 4. The Hall–Kier alpha value is -3.18. The van der Waals surface area contributed by atoms with Gasteiger partial charge in [-0.25, -0.2) is 0 Å². The number of methoxy groups -OCH3 is 1. The Labute approximate surface area is 174 Å². The van der Waals surface area contributed by atoms with E-state index in [9.17, 15) is 19.2 Å². The van der Waals surface area contributed by atoms with E-state index in [-0.39, 0.29) is 19.6 Å². The van der Waals surface area contributed by atoms with Crippen molar-refractivity contribution in [1.82, 2.24) is 5.32 Å². The van der Waals surface area contributed by atoms with Gasteiger partial charge in [0.15, 0.2) is 22.8 Å². The van der Waals surface area contributed by atoms with E-state index in [1.165, 1.54) is 14.0 Å². The molecule has 2 unspecified atom stereocenters. The Balaban J connectivity index is 2.31. The van der Waals surface area contributed by atoms with Gasteiger partial charge in [-0.1, -0.05) is 19.1 Å². The molecule has 11 heteroatoms. The summed E-state index contributed by atoms with van der Waals surface area (Å²) in [6, 6.07) is 2.54. The van der Waals surface area contributed by atoms with Crippen LogP contribution < -0.4 is 26.3 Å². The Bertz CT molecular complexity index is 865. The SMILES string of the molecule is [2H]OC(=O)C[C@H](N)C(=O)C(N)(CC)C(=O)NC(CC(=O)OC)c1cccc2c1OCO2. The highest BCUT2D eigenvalue weighted by molar-refractivity contribution is 6.13. The van der Waals surface area contributed by atoms with E-state index < -0.39 is 47.7 Å². The lowest BCUT2D eigenvalue weighted by atomic mass is 9.85. The average Bonchev–Trinajstić information content (AvgIpc) is 3.26. The fourth-order valence-electron chi connectivity index (χ4n) is 3.05. The molecule has 0 saturated carbocycles. The predicted octanol–water partition coefficient (Wildman–Crippen LogP) is -0.386. The number of benzene rings is 1. The number of carboxylic acids is 1. The molecule has 0 spiro atoms. The summed E-state index contributed by atoms with van der Waals surface area (Å²) in [4.78, 5) is 49.1. The van der Waals surface area contributed by atoms with Crippen LogP contribution in [0.4, 0.5) is 0 Å². The van der Waals surface area contributed by atoms with Crippen LogP contribution in [0.3, 0.4) is 0 Å². The van der Waals surface area contributed by atoms with E-state index in [1.54, 1.807) is 18.2 Å². The van der Waals surface area contributed by atoms with Crippen molar-refractivity contribution < 1.29 is 38.5 Å². The molecular weight excluding hydrogens is 398 g/mol. The average molecular weight is 424 g/mol. The monoisotopic (exact) mass is 424 g/mol. The van der Waals surface area contributed by atoms with Gasteiger partial charge >= 0.3 is 11.9 Å². The zero-order chi connectivity index (χ0) is 23.2.